The van der Waals surface area contributed by atoms with E-state index >= 15 is 0 Å². The van der Waals surface area contributed by atoms with Crippen LogP contribution in [-0.4, -0.2) is 50.4 Å². The second kappa shape index (κ2) is 7.36. The van der Waals surface area contributed by atoms with E-state index in [0.29, 0.717) is 31.5 Å². The molecule has 7 nitrogen and oxygen atoms in total. The van der Waals surface area contributed by atoms with Crippen molar-refractivity contribution in [1.29, 1.82) is 0 Å². The Bertz CT molecular complexity index is 822. The Hall–Kier alpha value is -1.93. The topological polar surface area (TPSA) is 86.8 Å². The standard InChI is InChI=1S/C18H25N3O4S/c1-13-11-15(7-8-16(13)21-10-4-6-17(21)22)19-18(23)14-5-3-9-20(12-14)26(2,24)25/h7-8,11,14H,3-6,9-10,12H2,1-2H3,(H,19,23)/t14-/m1/s1. The van der Waals surface area contributed by atoms with E-state index in [1.54, 1.807) is 11.0 Å². The van der Waals surface area contributed by atoms with Gasteiger partial charge in [-0.3, -0.25) is 9.59 Å². The molecule has 0 radical (unpaired) electrons. The van der Waals surface area contributed by atoms with E-state index in [-0.39, 0.29) is 24.3 Å². The summed E-state index contributed by atoms with van der Waals surface area (Å²) in [5.74, 6) is -0.380. The number of nitrogens with zero attached hydrogens (tertiary/aromatic N) is 2. The van der Waals surface area contributed by atoms with Crippen molar-refractivity contribution in [3.63, 3.8) is 0 Å². The average Bonchev–Trinajstić information content (AvgIpc) is 3.00. The third-order valence-corrected chi connectivity index (χ3v) is 6.32. The van der Waals surface area contributed by atoms with E-state index in [0.717, 1.165) is 24.2 Å². The minimum absolute atomic E-state index is 0.132. The maximum Gasteiger partial charge on any atom is 0.228 e. The first-order valence-electron chi connectivity index (χ1n) is 8.93. The van der Waals surface area contributed by atoms with E-state index in [1.165, 1.54) is 10.6 Å². The largest absolute Gasteiger partial charge is 0.326 e. The molecule has 26 heavy (non-hydrogen) atoms. The molecular formula is C18H25N3O4S. The van der Waals surface area contributed by atoms with Crippen molar-refractivity contribution in [2.75, 3.05) is 36.1 Å². The van der Waals surface area contributed by atoms with Crippen molar-refractivity contribution in [3.05, 3.63) is 23.8 Å². The highest BCUT2D eigenvalue weighted by Gasteiger charge is 2.30. The number of carbonyl (C=O) groups excluding carboxylic acids is 2. The SMILES string of the molecule is Cc1cc(NC(=O)[C@@H]2CCCN(S(C)(=O)=O)C2)ccc1N1CCCC1=O. The molecule has 1 N–H and O–H groups in total. The van der Waals surface area contributed by atoms with Gasteiger partial charge in [-0.25, -0.2) is 12.7 Å². The second-order valence-electron chi connectivity index (χ2n) is 7.10. The Morgan fingerprint density at radius 2 is 2.00 bits per heavy atom. The monoisotopic (exact) mass is 379 g/mol. The molecule has 2 heterocycles. The lowest BCUT2D eigenvalue weighted by Crippen LogP contribution is -2.43. The summed E-state index contributed by atoms with van der Waals surface area (Å²) >= 11 is 0. The van der Waals surface area contributed by atoms with Gasteiger partial charge in [-0.1, -0.05) is 0 Å². The maximum absolute atomic E-state index is 12.5. The molecule has 8 heteroatoms. The van der Waals surface area contributed by atoms with Crippen molar-refractivity contribution in [1.82, 2.24) is 4.31 Å². The third-order valence-electron chi connectivity index (χ3n) is 5.05. The summed E-state index contributed by atoms with van der Waals surface area (Å²) in [4.78, 5) is 26.2. The van der Waals surface area contributed by atoms with E-state index in [9.17, 15) is 18.0 Å². The highest BCUT2D eigenvalue weighted by molar-refractivity contribution is 7.88. The number of piperidine rings is 1. The minimum atomic E-state index is -3.28. The van der Waals surface area contributed by atoms with Gasteiger partial charge in [0.05, 0.1) is 12.2 Å². The highest BCUT2D eigenvalue weighted by Crippen LogP contribution is 2.28. The highest BCUT2D eigenvalue weighted by atomic mass is 32.2. The van der Waals surface area contributed by atoms with Crippen LogP contribution in [0, 0.1) is 12.8 Å². The van der Waals surface area contributed by atoms with Crippen LogP contribution >= 0.6 is 0 Å². The smallest absolute Gasteiger partial charge is 0.228 e. The van der Waals surface area contributed by atoms with Gasteiger partial charge in [0.15, 0.2) is 0 Å². The molecule has 2 amide bonds. The molecule has 2 aliphatic rings. The van der Waals surface area contributed by atoms with Gasteiger partial charge < -0.3 is 10.2 Å². The van der Waals surface area contributed by atoms with Crippen molar-refractivity contribution in [2.24, 2.45) is 5.92 Å². The molecule has 0 unspecified atom stereocenters. The fourth-order valence-electron chi connectivity index (χ4n) is 3.64. The van der Waals surface area contributed by atoms with Crippen LogP contribution in [0.15, 0.2) is 18.2 Å². The zero-order valence-electron chi connectivity index (χ0n) is 15.2. The predicted octanol–water partition coefficient (Wildman–Crippen LogP) is 1.73. The van der Waals surface area contributed by atoms with Crippen LogP contribution in [0.25, 0.3) is 0 Å². The van der Waals surface area contributed by atoms with Crippen molar-refractivity contribution in [2.45, 2.75) is 32.6 Å². The second-order valence-corrected chi connectivity index (χ2v) is 9.08. The Kier molecular flexibility index (Phi) is 5.34. The lowest BCUT2D eigenvalue weighted by Gasteiger charge is -2.30. The summed E-state index contributed by atoms with van der Waals surface area (Å²) in [6.45, 7) is 3.35. The third kappa shape index (κ3) is 4.07. The quantitative estimate of drug-likeness (QED) is 0.863. The summed E-state index contributed by atoms with van der Waals surface area (Å²) in [7, 11) is -3.28. The molecule has 0 aromatic heterocycles. The van der Waals surface area contributed by atoms with E-state index < -0.39 is 10.0 Å². The molecule has 142 valence electrons. The molecule has 2 aliphatic heterocycles. The van der Waals surface area contributed by atoms with Gasteiger partial charge in [0.25, 0.3) is 0 Å². The van der Waals surface area contributed by atoms with Gasteiger partial charge in [0.2, 0.25) is 21.8 Å². The number of nitrogens with one attached hydrogen (secondary N) is 1. The van der Waals surface area contributed by atoms with Crippen LogP contribution in [0.5, 0.6) is 0 Å². The van der Waals surface area contributed by atoms with Crippen LogP contribution in [0.1, 0.15) is 31.2 Å². The molecule has 2 fully saturated rings. The first-order valence-corrected chi connectivity index (χ1v) is 10.8. The van der Waals surface area contributed by atoms with Crippen LogP contribution in [0.2, 0.25) is 0 Å². The Labute approximate surface area is 154 Å². The van der Waals surface area contributed by atoms with Gasteiger partial charge in [-0.15, -0.1) is 0 Å². The molecule has 0 saturated carbocycles. The lowest BCUT2D eigenvalue weighted by molar-refractivity contribution is -0.121. The normalized spacial score (nSPS) is 21.8. The molecule has 2 saturated heterocycles. The molecule has 0 aliphatic carbocycles. The summed E-state index contributed by atoms with van der Waals surface area (Å²) in [6.07, 6.45) is 3.98. The van der Waals surface area contributed by atoms with Crippen molar-refractivity contribution < 1.29 is 18.0 Å². The Balaban J connectivity index is 1.68. The van der Waals surface area contributed by atoms with Crippen molar-refractivity contribution >= 4 is 33.2 Å². The lowest BCUT2D eigenvalue weighted by atomic mass is 9.98. The molecule has 1 aromatic rings. The van der Waals surface area contributed by atoms with Crippen LogP contribution in [0.3, 0.4) is 0 Å². The number of aryl methyl sites for hydroxylation is 1. The molecule has 1 aromatic carbocycles. The number of rotatable bonds is 4. The number of anilines is 2. The zero-order valence-corrected chi connectivity index (χ0v) is 16.0. The first kappa shape index (κ1) is 18.8. The van der Waals surface area contributed by atoms with Gasteiger partial charge in [0, 0.05) is 37.4 Å². The van der Waals surface area contributed by atoms with Crippen LogP contribution < -0.4 is 10.2 Å². The minimum Gasteiger partial charge on any atom is -0.326 e. The molecular weight excluding hydrogens is 354 g/mol. The maximum atomic E-state index is 12.5. The van der Waals surface area contributed by atoms with Crippen LogP contribution in [0.4, 0.5) is 11.4 Å². The van der Waals surface area contributed by atoms with E-state index in [4.69, 9.17) is 0 Å². The van der Waals surface area contributed by atoms with E-state index in [2.05, 4.69) is 5.32 Å². The van der Waals surface area contributed by atoms with Gasteiger partial charge in [-0.2, -0.15) is 0 Å². The average molecular weight is 379 g/mol. The fraction of sp³-hybridized carbons (Fsp3) is 0.556. The van der Waals surface area contributed by atoms with Crippen LogP contribution in [-0.2, 0) is 19.6 Å². The number of amides is 2. The number of hydrogen-bond acceptors (Lipinski definition) is 4. The number of carbonyl (C=O) groups is 2. The summed E-state index contributed by atoms with van der Waals surface area (Å²) in [5.41, 5.74) is 2.48. The van der Waals surface area contributed by atoms with Crippen molar-refractivity contribution in [3.8, 4) is 0 Å². The Morgan fingerprint density at radius 3 is 2.62 bits per heavy atom. The first-order chi connectivity index (χ1) is 12.3. The van der Waals surface area contributed by atoms with Gasteiger partial charge in [0.1, 0.15) is 0 Å². The molecule has 3 rings (SSSR count). The Morgan fingerprint density at radius 1 is 1.23 bits per heavy atom. The number of hydrogen-bond donors (Lipinski definition) is 1. The fourth-order valence-corrected chi connectivity index (χ4v) is 4.55. The van der Waals surface area contributed by atoms with Gasteiger partial charge >= 0.3 is 0 Å². The predicted molar refractivity (Wildman–Crippen MR) is 101 cm³/mol. The zero-order chi connectivity index (χ0) is 18.9. The molecule has 0 bridgehead atoms. The summed E-state index contributed by atoms with van der Waals surface area (Å²) in [5, 5.41) is 2.89. The number of sulfonamides is 1. The van der Waals surface area contributed by atoms with E-state index in [1.807, 2.05) is 19.1 Å². The summed E-state index contributed by atoms with van der Waals surface area (Å²) < 4.78 is 24.8. The molecule has 0 spiro atoms. The van der Waals surface area contributed by atoms with Gasteiger partial charge in [-0.05, 0) is 49.9 Å². The summed E-state index contributed by atoms with van der Waals surface area (Å²) in [6, 6.07) is 5.51. The molecule has 1 atom stereocenters. The number of benzene rings is 1.